The molecule has 0 bridgehead atoms. The minimum atomic E-state index is -0.889. The van der Waals surface area contributed by atoms with Crippen LogP contribution in [0.5, 0.6) is 0 Å². The second-order valence-corrected chi connectivity index (χ2v) is 4.76. The van der Waals surface area contributed by atoms with Gasteiger partial charge in [-0.3, -0.25) is 4.79 Å². The predicted octanol–water partition coefficient (Wildman–Crippen LogP) is 3.18. The van der Waals surface area contributed by atoms with Gasteiger partial charge in [-0.2, -0.15) is 0 Å². The molecule has 0 fully saturated rings. The van der Waals surface area contributed by atoms with Crippen LogP contribution in [0.15, 0.2) is 42.5 Å². The van der Waals surface area contributed by atoms with E-state index in [4.69, 9.17) is 28.3 Å². The maximum absolute atomic E-state index is 10.8. The fourth-order valence-electron chi connectivity index (χ4n) is 1.71. The number of hydrogen-bond donors (Lipinski definition) is 2. The zero-order chi connectivity index (χ0) is 13.8. The molecule has 0 aliphatic rings. The van der Waals surface area contributed by atoms with Crippen LogP contribution >= 0.6 is 23.2 Å². The summed E-state index contributed by atoms with van der Waals surface area (Å²) in [5.74, 6) is -0.889. The van der Waals surface area contributed by atoms with E-state index in [1.54, 1.807) is 36.4 Å². The molecule has 0 aliphatic heterocycles. The molecular weight excluding hydrogens is 494 g/mol. The number of rotatable bonds is 4. The van der Waals surface area contributed by atoms with E-state index in [9.17, 15) is 4.79 Å². The summed E-state index contributed by atoms with van der Waals surface area (Å²) in [7, 11) is 0. The molecule has 6 heteroatoms. The molecule has 0 amide bonds. The average Bonchev–Trinajstić information content (AvgIpc) is 2.35. The molecule has 106 valence electrons. The van der Waals surface area contributed by atoms with Crippen molar-refractivity contribution >= 4 is 66.7 Å². The Labute approximate surface area is 146 Å². The van der Waals surface area contributed by atoms with Crippen molar-refractivity contribution in [2.45, 2.75) is 6.42 Å². The Morgan fingerprint density at radius 2 is 1.65 bits per heavy atom. The molecular formula is C14H14BiCl2NO2. The Kier molecular flexibility index (Phi) is 6.74. The number of benzene rings is 2. The van der Waals surface area contributed by atoms with E-state index >= 15 is 0 Å². The zero-order valence-corrected chi connectivity index (χ0v) is 17.6. The molecule has 0 atom stereocenters. The number of halogens is 2. The molecule has 0 radical (unpaired) electrons. The predicted molar refractivity (Wildman–Crippen MR) is 87.5 cm³/mol. The van der Waals surface area contributed by atoms with Crippen molar-refractivity contribution in [2.75, 3.05) is 5.32 Å². The first-order valence-corrected chi connectivity index (χ1v) is 6.34. The molecule has 0 aliphatic carbocycles. The maximum atomic E-state index is 10.8. The molecule has 2 N–H and O–H groups in total. The van der Waals surface area contributed by atoms with Gasteiger partial charge in [-0.05, 0) is 23.8 Å². The van der Waals surface area contributed by atoms with Gasteiger partial charge in [-0.25, -0.2) is 0 Å². The van der Waals surface area contributed by atoms with Crippen LogP contribution in [0.1, 0.15) is 5.56 Å². The standard InChI is InChI=1S/C14H11Cl2NO2.Bi.3H/c15-10-5-3-6-11(16)14(10)17-12-7-2-1-4-9(12)8-13(18)19;;;;/h1-7,17H,8H2,(H,18,19);;;;. The van der Waals surface area contributed by atoms with E-state index in [0.717, 1.165) is 0 Å². The number of aliphatic carboxylic acids is 1. The average molecular weight is 508 g/mol. The first kappa shape index (κ1) is 17.2. The third kappa shape index (κ3) is 4.34. The molecule has 2 rings (SSSR count). The molecule has 0 spiro atoms. The van der Waals surface area contributed by atoms with E-state index in [1.165, 1.54) is 0 Å². The molecule has 20 heavy (non-hydrogen) atoms. The van der Waals surface area contributed by atoms with Gasteiger partial charge in [-0.15, -0.1) is 0 Å². The summed E-state index contributed by atoms with van der Waals surface area (Å²) < 4.78 is 0. The van der Waals surface area contributed by atoms with Gasteiger partial charge in [0.15, 0.2) is 0 Å². The Bertz CT molecular complexity index is 600. The molecule has 0 heterocycles. The van der Waals surface area contributed by atoms with Crippen LogP contribution in [0, 0.1) is 0 Å². The van der Waals surface area contributed by atoms with Crippen LogP contribution < -0.4 is 5.32 Å². The van der Waals surface area contributed by atoms with Gasteiger partial charge < -0.3 is 10.4 Å². The first-order valence-electron chi connectivity index (χ1n) is 5.58. The third-order valence-corrected chi connectivity index (χ3v) is 3.21. The molecule has 0 unspecified atom stereocenters. The zero-order valence-electron chi connectivity index (χ0n) is 10.6. The molecule has 0 saturated heterocycles. The van der Waals surface area contributed by atoms with Gasteiger partial charge in [0.05, 0.1) is 22.2 Å². The van der Waals surface area contributed by atoms with E-state index in [1.807, 2.05) is 6.07 Å². The molecule has 0 aromatic heterocycles. The van der Waals surface area contributed by atoms with Crippen LogP contribution in [0.3, 0.4) is 0 Å². The van der Waals surface area contributed by atoms with Gasteiger partial charge in [0, 0.05) is 5.69 Å². The quantitative estimate of drug-likeness (QED) is 0.625. The topological polar surface area (TPSA) is 49.3 Å². The summed E-state index contributed by atoms with van der Waals surface area (Å²) in [6, 6.07) is 12.3. The number of carboxylic acids is 1. The molecule has 2 aromatic carbocycles. The number of nitrogens with one attached hydrogen (secondary N) is 1. The second-order valence-electron chi connectivity index (χ2n) is 3.95. The minimum absolute atomic E-state index is 0. The Hall–Kier alpha value is -0.827. The van der Waals surface area contributed by atoms with Crippen molar-refractivity contribution in [3.8, 4) is 0 Å². The van der Waals surface area contributed by atoms with Gasteiger partial charge in [-0.1, -0.05) is 47.5 Å². The summed E-state index contributed by atoms with van der Waals surface area (Å²) in [6.45, 7) is 0. The number of anilines is 2. The fraction of sp³-hybridized carbons (Fsp3) is 0.0714. The van der Waals surface area contributed by atoms with Crippen molar-refractivity contribution in [1.29, 1.82) is 0 Å². The molecule has 2 aromatic rings. The normalized spacial score (nSPS) is 9.70. The Morgan fingerprint density at radius 3 is 2.25 bits per heavy atom. The SMILES string of the molecule is O=C(O)Cc1ccccc1Nc1c(Cl)cccc1Cl.[BiH3]. The number of carbonyl (C=O) groups is 1. The van der Waals surface area contributed by atoms with Crippen molar-refractivity contribution < 1.29 is 9.90 Å². The van der Waals surface area contributed by atoms with Crippen LogP contribution in [0.2, 0.25) is 10.0 Å². The Morgan fingerprint density at radius 1 is 1.05 bits per heavy atom. The van der Waals surface area contributed by atoms with E-state index in [2.05, 4.69) is 5.32 Å². The number of hydrogen-bond acceptors (Lipinski definition) is 2. The van der Waals surface area contributed by atoms with Crippen LogP contribution in [0.4, 0.5) is 11.4 Å². The van der Waals surface area contributed by atoms with E-state index in [-0.39, 0.29) is 32.6 Å². The van der Waals surface area contributed by atoms with Gasteiger partial charge in [0.1, 0.15) is 0 Å². The first-order chi connectivity index (χ1) is 9.08. The van der Waals surface area contributed by atoms with Gasteiger partial charge in [0.2, 0.25) is 0 Å². The fourth-order valence-corrected chi connectivity index (χ4v) is 2.20. The summed E-state index contributed by atoms with van der Waals surface area (Å²) in [5.41, 5.74) is 1.93. The summed E-state index contributed by atoms with van der Waals surface area (Å²) in [5, 5.41) is 12.9. The number of para-hydroxylation sites is 2. The van der Waals surface area contributed by atoms with Crippen molar-refractivity contribution in [3.05, 3.63) is 58.1 Å². The van der Waals surface area contributed by atoms with Crippen LogP contribution in [-0.4, -0.2) is 37.3 Å². The molecule has 0 saturated carbocycles. The summed E-state index contributed by atoms with van der Waals surface area (Å²) >= 11 is 12.1. The van der Waals surface area contributed by atoms with Crippen molar-refractivity contribution in [1.82, 2.24) is 0 Å². The van der Waals surface area contributed by atoms with Gasteiger partial charge >= 0.3 is 32.2 Å². The summed E-state index contributed by atoms with van der Waals surface area (Å²) in [4.78, 5) is 10.8. The van der Waals surface area contributed by atoms with E-state index in [0.29, 0.717) is 27.0 Å². The molecule has 3 nitrogen and oxygen atoms in total. The van der Waals surface area contributed by atoms with Gasteiger partial charge in [0.25, 0.3) is 0 Å². The van der Waals surface area contributed by atoms with Crippen LogP contribution in [-0.2, 0) is 11.2 Å². The number of carboxylic acid groups (broad SMARTS) is 1. The van der Waals surface area contributed by atoms with E-state index < -0.39 is 5.97 Å². The Balaban J connectivity index is 0.00000200. The summed E-state index contributed by atoms with van der Waals surface area (Å²) in [6.07, 6.45) is -0.0642. The monoisotopic (exact) mass is 507 g/mol. The van der Waals surface area contributed by atoms with Crippen molar-refractivity contribution in [3.63, 3.8) is 0 Å². The second kappa shape index (κ2) is 7.82. The van der Waals surface area contributed by atoms with Crippen LogP contribution in [0.25, 0.3) is 0 Å². The third-order valence-electron chi connectivity index (χ3n) is 2.58. The van der Waals surface area contributed by atoms with Crippen molar-refractivity contribution in [2.24, 2.45) is 0 Å².